The lowest BCUT2D eigenvalue weighted by molar-refractivity contribution is -0.0204. The Labute approximate surface area is 61.3 Å². The SMILES string of the molecule is CCS(=O)(=O)CC1COC1. The molecule has 1 aliphatic rings. The highest BCUT2D eigenvalue weighted by molar-refractivity contribution is 7.91. The molecule has 0 aromatic heterocycles. The Kier molecular flexibility index (Phi) is 2.31. The molecule has 4 heteroatoms. The van der Waals surface area contributed by atoms with E-state index in [0.29, 0.717) is 19.0 Å². The summed E-state index contributed by atoms with van der Waals surface area (Å²) >= 11 is 0. The fourth-order valence-corrected chi connectivity index (χ4v) is 2.00. The molecule has 0 spiro atoms. The summed E-state index contributed by atoms with van der Waals surface area (Å²) in [6, 6.07) is 0. The highest BCUT2D eigenvalue weighted by atomic mass is 32.2. The number of rotatable bonds is 3. The Morgan fingerprint density at radius 2 is 2.10 bits per heavy atom. The molecule has 1 fully saturated rings. The second kappa shape index (κ2) is 2.88. The van der Waals surface area contributed by atoms with E-state index in [1.54, 1.807) is 6.92 Å². The highest BCUT2D eigenvalue weighted by Gasteiger charge is 2.23. The Morgan fingerprint density at radius 3 is 2.40 bits per heavy atom. The van der Waals surface area contributed by atoms with E-state index >= 15 is 0 Å². The first-order valence-corrected chi connectivity index (χ1v) is 5.24. The molecule has 0 unspecified atom stereocenters. The van der Waals surface area contributed by atoms with Crippen LogP contribution in [0.3, 0.4) is 0 Å². The summed E-state index contributed by atoms with van der Waals surface area (Å²) < 4.78 is 26.8. The summed E-state index contributed by atoms with van der Waals surface area (Å²) in [6.07, 6.45) is 0. The molecule has 1 heterocycles. The van der Waals surface area contributed by atoms with Crippen molar-refractivity contribution in [1.82, 2.24) is 0 Å². The molecule has 0 aromatic carbocycles. The van der Waals surface area contributed by atoms with Gasteiger partial charge in [-0.1, -0.05) is 6.92 Å². The van der Waals surface area contributed by atoms with Crippen molar-refractivity contribution in [2.45, 2.75) is 6.92 Å². The average molecular weight is 164 g/mol. The largest absolute Gasteiger partial charge is 0.381 e. The van der Waals surface area contributed by atoms with Crippen LogP contribution in [0, 0.1) is 5.92 Å². The fraction of sp³-hybridized carbons (Fsp3) is 1.00. The molecule has 10 heavy (non-hydrogen) atoms. The van der Waals surface area contributed by atoms with Crippen LogP contribution in [0.5, 0.6) is 0 Å². The molecule has 0 N–H and O–H groups in total. The lowest BCUT2D eigenvalue weighted by Crippen LogP contribution is -2.34. The van der Waals surface area contributed by atoms with Crippen molar-refractivity contribution in [3.05, 3.63) is 0 Å². The van der Waals surface area contributed by atoms with Crippen LogP contribution < -0.4 is 0 Å². The Bertz CT molecular complexity index is 191. The van der Waals surface area contributed by atoms with Gasteiger partial charge in [0.1, 0.15) is 9.84 Å². The van der Waals surface area contributed by atoms with Crippen molar-refractivity contribution in [3.8, 4) is 0 Å². The Balaban J connectivity index is 2.36. The van der Waals surface area contributed by atoms with Gasteiger partial charge in [-0.2, -0.15) is 0 Å². The summed E-state index contributed by atoms with van der Waals surface area (Å²) in [5.74, 6) is 0.831. The minimum atomic E-state index is -2.76. The van der Waals surface area contributed by atoms with E-state index in [-0.39, 0.29) is 11.7 Å². The number of hydrogen-bond donors (Lipinski definition) is 0. The van der Waals surface area contributed by atoms with Crippen LogP contribution in [0.4, 0.5) is 0 Å². The molecule has 1 saturated heterocycles. The normalized spacial score (nSPS) is 20.5. The summed E-state index contributed by atoms with van der Waals surface area (Å²) in [5, 5.41) is 0. The van der Waals surface area contributed by atoms with E-state index in [4.69, 9.17) is 4.74 Å². The van der Waals surface area contributed by atoms with Gasteiger partial charge in [-0.3, -0.25) is 0 Å². The molecule has 1 rings (SSSR count). The van der Waals surface area contributed by atoms with E-state index in [1.807, 2.05) is 0 Å². The molecule has 0 radical (unpaired) electrons. The summed E-state index contributed by atoms with van der Waals surface area (Å²) in [4.78, 5) is 0. The second-order valence-corrected chi connectivity index (χ2v) is 5.00. The summed E-state index contributed by atoms with van der Waals surface area (Å²) in [6.45, 7) is 2.92. The molecule has 0 bridgehead atoms. The van der Waals surface area contributed by atoms with Gasteiger partial charge in [-0.25, -0.2) is 8.42 Å². The molecular formula is C6H12O3S. The molecule has 0 atom stereocenters. The fourth-order valence-electron chi connectivity index (χ4n) is 0.858. The maximum absolute atomic E-state index is 10.9. The van der Waals surface area contributed by atoms with E-state index in [1.165, 1.54) is 0 Å². The average Bonchev–Trinajstić information content (AvgIpc) is 1.80. The third-order valence-electron chi connectivity index (χ3n) is 1.64. The number of sulfone groups is 1. The first-order chi connectivity index (χ1) is 4.64. The van der Waals surface area contributed by atoms with Crippen molar-refractivity contribution in [2.75, 3.05) is 24.7 Å². The van der Waals surface area contributed by atoms with Crippen LogP contribution in [0.2, 0.25) is 0 Å². The van der Waals surface area contributed by atoms with E-state index in [0.717, 1.165) is 0 Å². The number of ether oxygens (including phenoxy) is 1. The van der Waals surface area contributed by atoms with Crippen molar-refractivity contribution in [1.29, 1.82) is 0 Å². The standard InChI is InChI=1S/C6H12O3S/c1-2-10(7,8)5-6-3-9-4-6/h6H,2-5H2,1H3. The molecule has 60 valence electrons. The third kappa shape index (κ3) is 1.95. The van der Waals surface area contributed by atoms with Crippen molar-refractivity contribution < 1.29 is 13.2 Å². The van der Waals surface area contributed by atoms with Crippen molar-refractivity contribution in [3.63, 3.8) is 0 Å². The van der Waals surface area contributed by atoms with Gasteiger partial charge in [0.15, 0.2) is 0 Å². The Hall–Kier alpha value is -0.0900. The predicted octanol–water partition coefficient (Wildman–Crippen LogP) is 0.0675. The minimum Gasteiger partial charge on any atom is -0.381 e. The summed E-state index contributed by atoms with van der Waals surface area (Å²) in [7, 11) is -2.76. The first-order valence-electron chi connectivity index (χ1n) is 3.42. The van der Waals surface area contributed by atoms with E-state index in [9.17, 15) is 8.42 Å². The monoisotopic (exact) mass is 164 g/mol. The van der Waals surface area contributed by atoms with Crippen LogP contribution >= 0.6 is 0 Å². The zero-order valence-electron chi connectivity index (χ0n) is 6.04. The maximum Gasteiger partial charge on any atom is 0.150 e. The van der Waals surface area contributed by atoms with Crippen LogP contribution in [0.15, 0.2) is 0 Å². The number of hydrogen-bond acceptors (Lipinski definition) is 3. The molecule has 0 saturated carbocycles. The quantitative estimate of drug-likeness (QED) is 0.592. The third-order valence-corrected chi connectivity index (χ3v) is 3.50. The molecular weight excluding hydrogens is 152 g/mol. The van der Waals surface area contributed by atoms with Gasteiger partial charge in [0.25, 0.3) is 0 Å². The van der Waals surface area contributed by atoms with Gasteiger partial charge in [0.05, 0.1) is 19.0 Å². The minimum absolute atomic E-state index is 0.253. The van der Waals surface area contributed by atoms with E-state index in [2.05, 4.69) is 0 Å². The lowest BCUT2D eigenvalue weighted by atomic mass is 10.1. The van der Waals surface area contributed by atoms with Crippen LogP contribution in [0.1, 0.15) is 6.92 Å². The van der Waals surface area contributed by atoms with E-state index < -0.39 is 9.84 Å². The maximum atomic E-state index is 10.9. The van der Waals surface area contributed by atoms with Crippen LogP contribution in [0.25, 0.3) is 0 Å². The van der Waals surface area contributed by atoms with Gasteiger partial charge in [-0.15, -0.1) is 0 Å². The van der Waals surface area contributed by atoms with Crippen molar-refractivity contribution in [2.24, 2.45) is 5.92 Å². The molecule has 0 aromatic rings. The van der Waals surface area contributed by atoms with Gasteiger partial charge in [0.2, 0.25) is 0 Å². The lowest BCUT2D eigenvalue weighted by Gasteiger charge is -2.25. The predicted molar refractivity (Wildman–Crippen MR) is 38.6 cm³/mol. The zero-order chi connectivity index (χ0) is 7.61. The van der Waals surface area contributed by atoms with Gasteiger partial charge < -0.3 is 4.74 Å². The highest BCUT2D eigenvalue weighted by Crippen LogP contribution is 2.12. The van der Waals surface area contributed by atoms with Crippen molar-refractivity contribution >= 4 is 9.84 Å². The van der Waals surface area contributed by atoms with Gasteiger partial charge in [-0.05, 0) is 0 Å². The topological polar surface area (TPSA) is 43.4 Å². The summed E-state index contributed by atoms with van der Waals surface area (Å²) in [5.41, 5.74) is 0. The van der Waals surface area contributed by atoms with Crippen LogP contribution in [-0.2, 0) is 14.6 Å². The molecule has 0 amide bonds. The first kappa shape index (κ1) is 8.01. The molecule has 0 aliphatic carbocycles. The van der Waals surface area contributed by atoms with Crippen LogP contribution in [-0.4, -0.2) is 33.1 Å². The second-order valence-electron chi connectivity index (χ2n) is 2.60. The molecule has 1 aliphatic heterocycles. The Morgan fingerprint density at radius 1 is 1.50 bits per heavy atom. The zero-order valence-corrected chi connectivity index (χ0v) is 6.86. The molecule has 3 nitrogen and oxygen atoms in total. The van der Waals surface area contributed by atoms with Gasteiger partial charge >= 0.3 is 0 Å². The van der Waals surface area contributed by atoms with Gasteiger partial charge in [0, 0.05) is 11.7 Å². The smallest absolute Gasteiger partial charge is 0.150 e.